The molecule has 0 aliphatic rings. The smallest absolute Gasteiger partial charge is 0.263 e. The zero-order chi connectivity index (χ0) is 17.8. The number of benzene rings is 2. The van der Waals surface area contributed by atoms with Gasteiger partial charge in [0.05, 0.1) is 12.2 Å². The summed E-state index contributed by atoms with van der Waals surface area (Å²) in [5.41, 5.74) is 1.66. The van der Waals surface area contributed by atoms with Crippen LogP contribution in [-0.4, -0.2) is 10.5 Å². The number of pyridine rings is 1. The van der Waals surface area contributed by atoms with Crippen molar-refractivity contribution in [2.24, 2.45) is 0 Å². The number of aromatic nitrogens is 1. The fourth-order valence-corrected chi connectivity index (χ4v) is 2.56. The Morgan fingerprint density at radius 2 is 1.76 bits per heavy atom. The normalized spacial score (nSPS) is 10.5. The molecule has 0 unspecified atom stereocenters. The van der Waals surface area contributed by atoms with E-state index < -0.39 is 17.3 Å². The van der Waals surface area contributed by atoms with Gasteiger partial charge in [0.1, 0.15) is 11.4 Å². The zero-order valence-electron chi connectivity index (χ0n) is 13.7. The topological polar surface area (TPSA) is 51.1 Å². The van der Waals surface area contributed by atoms with Gasteiger partial charge in [0.25, 0.3) is 11.5 Å². The molecule has 0 saturated heterocycles. The molecule has 1 aromatic heterocycles. The average molecular weight is 336 g/mol. The maximum absolute atomic E-state index is 13.7. The molecule has 2 aromatic carbocycles. The highest BCUT2D eigenvalue weighted by atomic mass is 19.1. The Hall–Kier alpha value is -3.21. The molecule has 3 aromatic rings. The fourth-order valence-electron chi connectivity index (χ4n) is 2.56. The number of carbonyl (C=O) groups excluding carboxylic acids is 1. The Bertz CT molecular complexity index is 979. The molecule has 0 fully saturated rings. The highest BCUT2D eigenvalue weighted by Crippen LogP contribution is 2.13. The lowest BCUT2D eigenvalue weighted by Gasteiger charge is -2.11. The van der Waals surface area contributed by atoms with E-state index >= 15 is 0 Å². The first-order valence-electron chi connectivity index (χ1n) is 7.86. The molecule has 0 spiro atoms. The van der Waals surface area contributed by atoms with Crippen LogP contribution < -0.4 is 10.9 Å². The number of nitrogens with one attached hydrogen (secondary N) is 1. The Balaban J connectivity index is 1.88. The van der Waals surface area contributed by atoms with Gasteiger partial charge in [-0.15, -0.1) is 0 Å². The quantitative estimate of drug-likeness (QED) is 0.791. The van der Waals surface area contributed by atoms with Crippen LogP contribution in [0.5, 0.6) is 0 Å². The predicted octanol–water partition coefficient (Wildman–Crippen LogP) is 3.60. The number of nitrogens with zero attached hydrogens (tertiary/aromatic N) is 1. The summed E-state index contributed by atoms with van der Waals surface area (Å²) in [5, 5.41) is 2.44. The van der Waals surface area contributed by atoms with Crippen LogP contribution in [0.15, 0.2) is 71.7 Å². The summed E-state index contributed by atoms with van der Waals surface area (Å²) >= 11 is 0. The van der Waals surface area contributed by atoms with E-state index in [9.17, 15) is 14.0 Å². The summed E-state index contributed by atoms with van der Waals surface area (Å²) in [6.45, 7) is 2.33. The van der Waals surface area contributed by atoms with E-state index in [1.165, 1.54) is 28.8 Å². The van der Waals surface area contributed by atoms with Gasteiger partial charge in [0, 0.05) is 6.20 Å². The van der Waals surface area contributed by atoms with E-state index in [0.717, 1.165) is 11.1 Å². The van der Waals surface area contributed by atoms with Gasteiger partial charge in [0.2, 0.25) is 0 Å². The van der Waals surface area contributed by atoms with E-state index in [0.29, 0.717) is 6.54 Å². The minimum absolute atomic E-state index is 0.0284. The minimum Gasteiger partial charge on any atom is -0.319 e. The Morgan fingerprint density at radius 1 is 1.04 bits per heavy atom. The number of anilines is 1. The van der Waals surface area contributed by atoms with Crippen molar-refractivity contribution in [3.05, 3.63) is 99.7 Å². The molecule has 0 aliphatic heterocycles. The van der Waals surface area contributed by atoms with E-state index in [-0.39, 0.29) is 11.3 Å². The van der Waals surface area contributed by atoms with Gasteiger partial charge in [0.15, 0.2) is 0 Å². The van der Waals surface area contributed by atoms with E-state index in [4.69, 9.17) is 0 Å². The molecule has 0 bridgehead atoms. The molecule has 0 aliphatic carbocycles. The van der Waals surface area contributed by atoms with E-state index in [1.807, 2.05) is 31.2 Å². The van der Waals surface area contributed by atoms with Gasteiger partial charge in [-0.1, -0.05) is 36.4 Å². The van der Waals surface area contributed by atoms with Crippen molar-refractivity contribution >= 4 is 11.6 Å². The second kappa shape index (κ2) is 7.13. The third-order valence-corrected chi connectivity index (χ3v) is 3.99. The van der Waals surface area contributed by atoms with Gasteiger partial charge in [-0.05, 0) is 42.3 Å². The second-order valence-electron chi connectivity index (χ2n) is 5.72. The van der Waals surface area contributed by atoms with Crippen LogP contribution in [0, 0.1) is 12.7 Å². The number of halogens is 1. The standard InChI is InChI=1S/C20H17FN2O2/c1-14-7-2-3-8-15(14)13-23-12-6-9-16(20(23)25)19(24)22-18-11-5-4-10-17(18)21/h2-12H,13H2,1H3,(H,22,24). The molecule has 1 amide bonds. The van der Waals surface area contributed by atoms with Crippen LogP contribution >= 0.6 is 0 Å². The summed E-state index contributed by atoms with van der Waals surface area (Å²) in [4.78, 5) is 25.0. The SMILES string of the molecule is Cc1ccccc1Cn1cccc(C(=O)Nc2ccccc2F)c1=O. The molecule has 1 N–H and O–H groups in total. The van der Waals surface area contributed by atoms with Crippen LogP contribution in [0.2, 0.25) is 0 Å². The highest BCUT2D eigenvalue weighted by Gasteiger charge is 2.14. The third-order valence-electron chi connectivity index (χ3n) is 3.99. The number of aryl methyl sites for hydroxylation is 1. The molecule has 0 atom stereocenters. The monoisotopic (exact) mass is 336 g/mol. The number of para-hydroxylation sites is 1. The minimum atomic E-state index is -0.630. The Kier molecular flexibility index (Phi) is 4.75. The number of hydrogen-bond donors (Lipinski definition) is 1. The molecule has 1 heterocycles. The van der Waals surface area contributed by atoms with Crippen molar-refractivity contribution in [3.8, 4) is 0 Å². The summed E-state index contributed by atoms with van der Waals surface area (Å²) < 4.78 is 15.2. The average Bonchev–Trinajstić information content (AvgIpc) is 2.60. The lowest BCUT2D eigenvalue weighted by Crippen LogP contribution is -2.29. The van der Waals surface area contributed by atoms with Gasteiger partial charge in [-0.2, -0.15) is 0 Å². The van der Waals surface area contributed by atoms with Crippen molar-refractivity contribution in [1.82, 2.24) is 4.57 Å². The number of amides is 1. The molecule has 4 nitrogen and oxygen atoms in total. The summed E-state index contributed by atoms with van der Waals surface area (Å²) in [6.07, 6.45) is 1.63. The van der Waals surface area contributed by atoms with E-state index in [2.05, 4.69) is 5.32 Å². The first-order valence-corrected chi connectivity index (χ1v) is 7.86. The molecule has 5 heteroatoms. The fraction of sp³-hybridized carbons (Fsp3) is 0.100. The Labute approximate surface area is 144 Å². The first kappa shape index (κ1) is 16.6. The van der Waals surface area contributed by atoms with Crippen LogP contribution in [0.25, 0.3) is 0 Å². The molecule has 126 valence electrons. The lowest BCUT2D eigenvalue weighted by atomic mass is 10.1. The third kappa shape index (κ3) is 3.66. The maximum Gasteiger partial charge on any atom is 0.263 e. The second-order valence-corrected chi connectivity index (χ2v) is 5.72. The maximum atomic E-state index is 13.7. The number of carbonyl (C=O) groups is 1. The van der Waals surface area contributed by atoms with Crippen molar-refractivity contribution in [2.75, 3.05) is 5.32 Å². The number of rotatable bonds is 4. The lowest BCUT2D eigenvalue weighted by molar-refractivity contribution is 0.102. The van der Waals surface area contributed by atoms with Crippen LogP contribution in [-0.2, 0) is 6.54 Å². The van der Waals surface area contributed by atoms with Crippen molar-refractivity contribution in [3.63, 3.8) is 0 Å². The van der Waals surface area contributed by atoms with Crippen molar-refractivity contribution in [2.45, 2.75) is 13.5 Å². The van der Waals surface area contributed by atoms with Crippen LogP contribution in [0.3, 0.4) is 0 Å². The van der Waals surface area contributed by atoms with Crippen LogP contribution in [0.4, 0.5) is 10.1 Å². The first-order chi connectivity index (χ1) is 12.1. The molecular formula is C20H17FN2O2. The van der Waals surface area contributed by atoms with Crippen molar-refractivity contribution < 1.29 is 9.18 Å². The molecule has 25 heavy (non-hydrogen) atoms. The Morgan fingerprint density at radius 3 is 2.52 bits per heavy atom. The molecular weight excluding hydrogens is 319 g/mol. The summed E-state index contributed by atoms with van der Waals surface area (Å²) in [7, 11) is 0. The zero-order valence-corrected chi connectivity index (χ0v) is 13.7. The molecule has 0 radical (unpaired) electrons. The van der Waals surface area contributed by atoms with Gasteiger partial charge >= 0.3 is 0 Å². The molecule has 0 saturated carbocycles. The predicted molar refractivity (Wildman–Crippen MR) is 95.3 cm³/mol. The van der Waals surface area contributed by atoms with Crippen molar-refractivity contribution in [1.29, 1.82) is 0 Å². The van der Waals surface area contributed by atoms with Crippen LogP contribution in [0.1, 0.15) is 21.5 Å². The highest BCUT2D eigenvalue weighted by molar-refractivity contribution is 6.04. The summed E-state index contributed by atoms with van der Waals surface area (Å²) in [5.74, 6) is -1.18. The van der Waals surface area contributed by atoms with Gasteiger partial charge in [-0.25, -0.2) is 4.39 Å². The largest absolute Gasteiger partial charge is 0.319 e. The number of hydrogen-bond acceptors (Lipinski definition) is 2. The van der Waals surface area contributed by atoms with E-state index in [1.54, 1.807) is 18.3 Å². The summed E-state index contributed by atoms with van der Waals surface area (Å²) in [6, 6.07) is 16.6. The van der Waals surface area contributed by atoms with Gasteiger partial charge < -0.3 is 9.88 Å². The van der Waals surface area contributed by atoms with Gasteiger partial charge in [-0.3, -0.25) is 9.59 Å². The molecule has 3 rings (SSSR count).